The molecule has 0 saturated heterocycles. The normalized spacial score (nSPS) is 10.3. The van der Waals surface area contributed by atoms with Gasteiger partial charge in [0.1, 0.15) is 23.0 Å². The van der Waals surface area contributed by atoms with Gasteiger partial charge in [0.05, 0.1) is 14.2 Å². The molecule has 0 aliphatic heterocycles. The van der Waals surface area contributed by atoms with Crippen molar-refractivity contribution in [1.29, 1.82) is 0 Å². The second-order valence-electron chi connectivity index (χ2n) is 3.95. The molecule has 6 nitrogen and oxygen atoms in total. The third-order valence-electron chi connectivity index (χ3n) is 2.66. The van der Waals surface area contributed by atoms with Crippen molar-refractivity contribution in [3.63, 3.8) is 0 Å². The number of aromatic nitrogens is 2. The average Bonchev–Trinajstić information content (AvgIpc) is 2.80. The summed E-state index contributed by atoms with van der Waals surface area (Å²) in [5, 5.41) is 9.16. The van der Waals surface area contributed by atoms with Gasteiger partial charge in [-0.05, 0) is 19.1 Å². The van der Waals surface area contributed by atoms with E-state index in [1.807, 2.05) is 0 Å². The Bertz CT molecular complexity index is 597. The quantitative estimate of drug-likeness (QED) is 0.881. The van der Waals surface area contributed by atoms with Crippen molar-refractivity contribution >= 4 is 5.97 Å². The summed E-state index contributed by atoms with van der Waals surface area (Å²) in [6, 6.07) is 5.14. The first-order valence-corrected chi connectivity index (χ1v) is 5.58. The van der Waals surface area contributed by atoms with E-state index in [-0.39, 0.29) is 5.69 Å². The van der Waals surface area contributed by atoms with Gasteiger partial charge >= 0.3 is 5.97 Å². The maximum Gasteiger partial charge on any atom is 0.354 e. The molecule has 2 N–H and O–H groups in total. The molecule has 0 saturated carbocycles. The fourth-order valence-electron chi connectivity index (χ4n) is 1.80. The number of carboxylic acids is 1. The Labute approximate surface area is 110 Å². The number of aryl methyl sites for hydroxylation is 1. The Kier molecular flexibility index (Phi) is 3.41. The number of H-pyrrole nitrogens is 1. The summed E-state index contributed by atoms with van der Waals surface area (Å²) in [5.74, 6) is 0.629. The summed E-state index contributed by atoms with van der Waals surface area (Å²) in [6.07, 6.45) is 0. The van der Waals surface area contributed by atoms with Crippen LogP contribution >= 0.6 is 0 Å². The third-order valence-corrected chi connectivity index (χ3v) is 2.66. The number of aromatic amines is 1. The van der Waals surface area contributed by atoms with E-state index in [1.165, 1.54) is 14.2 Å². The van der Waals surface area contributed by atoms with Crippen LogP contribution in [0.3, 0.4) is 0 Å². The molecule has 0 atom stereocenters. The van der Waals surface area contributed by atoms with E-state index in [9.17, 15) is 4.79 Å². The van der Waals surface area contributed by atoms with Crippen LogP contribution in [0.1, 0.15) is 16.3 Å². The van der Waals surface area contributed by atoms with Gasteiger partial charge in [0.2, 0.25) is 0 Å². The number of rotatable bonds is 4. The zero-order chi connectivity index (χ0) is 14.0. The van der Waals surface area contributed by atoms with Gasteiger partial charge in [-0.2, -0.15) is 0 Å². The van der Waals surface area contributed by atoms with Crippen molar-refractivity contribution < 1.29 is 19.4 Å². The lowest BCUT2D eigenvalue weighted by Crippen LogP contribution is -1.99. The van der Waals surface area contributed by atoms with Crippen molar-refractivity contribution in [3.05, 3.63) is 29.7 Å². The van der Waals surface area contributed by atoms with Gasteiger partial charge in [-0.25, -0.2) is 9.78 Å². The first kappa shape index (κ1) is 12.9. The largest absolute Gasteiger partial charge is 0.497 e. The number of nitrogens with zero attached hydrogens (tertiary/aromatic N) is 1. The molecule has 0 spiro atoms. The summed E-state index contributed by atoms with van der Waals surface area (Å²) in [6.45, 7) is 1.70. The lowest BCUT2D eigenvalue weighted by Gasteiger charge is -2.07. The smallest absolute Gasteiger partial charge is 0.354 e. The monoisotopic (exact) mass is 262 g/mol. The van der Waals surface area contributed by atoms with Crippen LogP contribution in [0.2, 0.25) is 0 Å². The van der Waals surface area contributed by atoms with Crippen LogP contribution in [0.25, 0.3) is 11.3 Å². The summed E-state index contributed by atoms with van der Waals surface area (Å²) in [5.41, 5.74) is 1.04. The van der Waals surface area contributed by atoms with Crippen molar-refractivity contribution in [2.75, 3.05) is 14.2 Å². The summed E-state index contributed by atoms with van der Waals surface area (Å²) in [4.78, 5) is 18.1. The Hall–Kier alpha value is -2.50. The molecule has 0 bridgehead atoms. The van der Waals surface area contributed by atoms with E-state index in [2.05, 4.69) is 9.97 Å². The number of imidazole rings is 1. The first-order chi connectivity index (χ1) is 9.05. The molecule has 2 rings (SSSR count). The van der Waals surface area contributed by atoms with Crippen molar-refractivity contribution in [2.24, 2.45) is 0 Å². The number of benzene rings is 1. The molecule has 0 aliphatic rings. The second kappa shape index (κ2) is 5.01. The van der Waals surface area contributed by atoms with E-state index >= 15 is 0 Å². The molecule has 1 aromatic heterocycles. The first-order valence-electron chi connectivity index (χ1n) is 5.58. The van der Waals surface area contributed by atoms with E-state index < -0.39 is 5.97 Å². The zero-order valence-electron chi connectivity index (χ0n) is 10.9. The summed E-state index contributed by atoms with van der Waals surface area (Å²) < 4.78 is 10.3. The fraction of sp³-hybridized carbons (Fsp3) is 0.231. The number of hydrogen-bond donors (Lipinski definition) is 2. The number of nitrogens with one attached hydrogen (secondary N) is 1. The van der Waals surface area contributed by atoms with E-state index in [4.69, 9.17) is 14.6 Å². The highest BCUT2D eigenvalue weighted by Crippen LogP contribution is 2.30. The van der Waals surface area contributed by atoms with Crippen LogP contribution in [-0.4, -0.2) is 35.3 Å². The highest BCUT2D eigenvalue weighted by molar-refractivity contribution is 5.93. The van der Waals surface area contributed by atoms with Gasteiger partial charge in [0, 0.05) is 11.6 Å². The molecule has 100 valence electrons. The topological polar surface area (TPSA) is 84.4 Å². The minimum atomic E-state index is -1.06. The standard InChI is InChI=1S/C13H14N2O4/c1-7-14-11(12(15-7)13(16)17)8-4-9(18-2)6-10(5-8)19-3/h4-6H,1-3H3,(H,14,15)(H,16,17). The molecule has 6 heteroatoms. The van der Waals surface area contributed by atoms with Crippen LogP contribution in [0.4, 0.5) is 0 Å². The van der Waals surface area contributed by atoms with Crippen molar-refractivity contribution in [2.45, 2.75) is 6.92 Å². The predicted molar refractivity (Wildman–Crippen MR) is 68.8 cm³/mol. The molecule has 0 fully saturated rings. The third kappa shape index (κ3) is 2.52. The highest BCUT2D eigenvalue weighted by Gasteiger charge is 2.17. The van der Waals surface area contributed by atoms with E-state index in [0.717, 1.165) is 0 Å². The molecule has 2 aromatic rings. The number of aromatic carboxylic acids is 1. The van der Waals surface area contributed by atoms with Crippen LogP contribution < -0.4 is 9.47 Å². The maximum absolute atomic E-state index is 11.2. The van der Waals surface area contributed by atoms with Crippen molar-refractivity contribution in [3.8, 4) is 22.8 Å². The number of methoxy groups -OCH3 is 2. The maximum atomic E-state index is 11.2. The zero-order valence-corrected chi connectivity index (χ0v) is 10.9. The van der Waals surface area contributed by atoms with Crippen LogP contribution in [-0.2, 0) is 0 Å². The average molecular weight is 262 g/mol. The molecule has 19 heavy (non-hydrogen) atoms. The van der Waals surface area contributed by atoms with Gasteiger partial charge in [0.15, 0.2) is 5.69 Å². The Morgan fingerprint density at radius 3 is 2.26 bits per heavy atom. The minimum absolute atomic E-state index is 0.0489. The van der Waals surface area contributed by atoms with Gasteiger partial charge in [-0.3, -0.25) is 0 Å². The minimum Gasteiger partial charge on any atom is -0.497 e. The van der Waals surface area contributed by atoms with Crippen molar-refractivity contribution in [1.82, 2.24) is 9.97 Å². The number of carboxylic acid groups (broad SMARTS) is 1. The Morgan fingerprint density at radius 1 is 1.21 bits per heavy atom. The number of hydrogen-bond acceptors (Lipinski definition) is 4. The second-order valence-corrected chi connectivity index (χ2v) is 3.95. The molecule has 0 aliphatic carbocycles. The number of carbonyl (C=O) groups is 1. The van der Waals surface area contributed by atoms with Gasteiger partial charge in [-0.1, -0.05) is 0 Å². The fourth-order valence-corrected chi connectivity index (χ4v) is 1.80. The SMILES string of the molecule is COc1cc(OC)cc(-c2nc(C)[nH]c2C(=O)O)c1. The Morgan fingerprint density at radius 2 is 1.79 bits per heavy atom. The lowest BCUT2D eigenvalue weighted by atomic mass is 10.1. The van der Waals surface area contributed by atoms with E-state index in [1.54, 1.807) is 25.1 Å². The molecular formula is C13H14N2O4. The van der Waals surface area contributed by atoms with Crippen LogP contribution in [0.15, 0.2) is 18.2 Å². The van der Waals surface area contributed by atoms with Gasteiger partial charge in [0.25, 0.3) is 0 Å². The molecule has 0 radical (unpaired) electrons. The van der Waals surface area contributed by atoms with E-state index in [0.29, 0.717) is 28.6 Å². The Balaban J connectivity index is 2.60. The number of ether oxygens (including phenoxy) is 2. The van der Waals surface area contributed by atoms with Crippen LogP contribution in [0, 0.1) is 6.92 Å². The highest BCUT2D eigenvalue weighted by atomic mass is 16.5. The summed E-state index contributed by atoms with van der Waals surface area (Å²) in [7, 11) is 3.07. The summed E-state index contributed by atoms with van der Waals surface area (Å²) >= 11 is 0. The molecule has 0 amide bonds. The molecule has 1 heterocycles. The predicted octanol–water partition coefficient (Wildman–Crippen LogP) is 2.10. The molecular weight excluding hydrogens is 248 g/mol. The molecule has 1 aromatic carbocycles. The van der Waals surface area contributed by atoms with Gasteiger partial charge in [-0.15, -0.1) is 0 Å². The van der Waals surface area contributed by atoms with Gasteiger partial charge < -0.3 is 19.6 Å². The van der Waals surface area contributed by atoms with Crippen LogP contribution in [0.5, 0.6) is 11.5 Å². The molecule has 0 unspecified atom stereocenters. The lowest BCUT2D eigenvalue weighted by molar-refractivity contribution is 0.0692.